The van der Waals surface area contributed by atoms with Gasteiger partial charge in [0, 0.05) is 17.8 Å². The van der Waals surface area contributed by atoms with Crippen LogP contribution < -0.4 is 4.90 Å². The minimum absolute atomic E-state index is 0.0895. The number of benzene rings is 1. The highest BCUT2D eigenvalue weighted by Crippen LogP contribution is 2.25. The van der Waals surface area contributed by atoms with Crippen molar-refractivity contribution < 1.29 is 9.90 Å². The molecule has 1 fully saturated rings. The SMILES string of the molecule is CC(=O)c1ccc(N2CCCC2CO)cc1. The average molecular weight is 219 g/mol. The molecule has 1 aromatic rings. The van der Waals surface area contributed by atoms with Crippen LogP contribution in [-0.4, -0.2) is 30.1 Å². The topological polar surface area (TPSA) is 40.5 Å². The van der Waals surface area contributed by atoms with Gasteiger partial charge in [-0.3, -0.25) is 4.79 Å². The molecule has 0 radical (unpaired) electrons. The maximum atomic E-state index is 11.1. The summed E-state index contributed by atoms with van der Waals surface area (Å²) in [5.74, 6) is 0.0895. The smallest absolute Gasteiger partial charge is 0.159 e. The zero-order chi connectivity index (χ0) is 11.5. The molecule has 2 rings (SSSR count). The van der Waals surface area contributed by atoms with Crippen molar-refractivity contribution in [3.63, 3.8) is 0 Å². The minimum Gasteiger partial charge on any atom is -0.394 e. The van der Waals surface area contributed by atoms with Crippen molar-refractivity contribution in [2.45, 2.75) is 25.8 Å². The summed E-state index contributed by atoms with van der Waals surface area (Å²) in [4.78, 5) is 13.4. The Bertz CT molecular complexity index is 372. The number of carbonyl (C=O) groups is 1. The van der Waals surface area contributed by atoms with Gasteiger partial charge in [-0.05, 0) is 44.0 Å². The Morgan fingerprint density at radius 3 is 2.69 bits per heavy atom. The summed E-state index contributed by atoms with van der Waals surface area (Å²) in [6, 6.07) is 7.87. The van der Waals surface area contributed by atoms with Gasteiger partial charge in [0.15, 0.2) is 5.78 Å². The standard InChI is InChI=1S/C13H17NO2/c1-10(16)11-4-6-12(7-5-11)14-8-2-3-13(14)9-15/h4-7,13,15H,2-3,8-9H2,1H3. The first-order valence-corrected chi connectivity index (χ1v) is 5.71. The van der Waals surface area contributed by atoms with Gasteiger partial charge >= 0.3 is 0 Å². The lowest BCUT2D eigenvalue weighted by molar-refractivity contribution is 0.101. The van der Waals surface area contributed by atoms with Crippen LogP contribution in [0.25, 0.3) is 0 Å². The molecule has 0 amide bonds. The van der Waals surface area contributed by atoms with E-state index in [1.54, 1.807) is 6.92 Å². The number of aliphatic hydroxyl groups excluding tert-OH is 1. The molecule has 3 nitrogen and oxygen atoms in total. The van der Waals surface area contributed by atoms with Crippen molar-refractivity contribution in [1.82, 2.24) is 0 Å². The molecule has 3 heteroatoms. The van der Waals surface area contributed by atoms with E-state index in [-0.39, 0.29) is 18.4 Å². The maximum Gasteiger partial charge on any atom is 0.159 e. The Morgan fingerprint density at radius 1 is 1.44 bits per heavy atom. The van der Waals surface area contributed by atoms with Gasteiger partial charge in [0.25, 0.3) is 0 Å². The number of ketones is 1. The van der Waals surface area contributed by atoms with Crippen molar-refractivity contribution in [3.05, 3.63) is 29.8 Å². The van der Waals surface area contributed by atoms with E-state index in [0.29, 0.717) is 0 Å². The summed E-state index contributed by atoms with van der Waals surface area (Å²) in [6.07, 6.45) is 2.17. The van der Waals surface area contributed by atoms with Crippen LogP contribution in [-0.2, 0) is 0 Å². The highest BCUT2D eigenvalue weighted by atomic mass is 16.3. The van der Waals surface area contributed by atoms with E-state index >= 15 is 0 Å². The fourth-order valence-electron chi connectivity index (χ4n) is 2.25. The predicted molar refractivity (Wildman–Crippen MR) is 63.9 cm³/mol. The van der Waals surface area contributed by atoms with Crippen LogP contribution in [0.1, 0.15) is 30.1 Å². The third-order valence-corrected chi connectivity index (χ3v) is 3.19. The number of Topliss-reactive ketones (excluding diaryl/α,β-unsaturated/α-hetero) is 1. The summed E-state index contributed by atoms with van der Waals surface area (Å²) < 4.78 is 0. The minimum atomic E-state index is 0.0895. The highest BCUT2D eigenvalue weighted by molar-refractivity contribution is 5.94. The van der Waals surface area contributed by atoms with Crippen molar-refractivity contribution in [3.8, 4) is 0 Å². The van der Waals surface area contributed by atoms with E-state index in [2.05, 4.69) is 4.90 Å². The fraction of sp³-hybridized carbons (Fsp3) is 0.462. The number of hydrogen-bond acceptors (Lipinski definition) is 3. The third-order valence-electron chi connectivity index (χ3n) is 3.19. The lowest BCUT2D eigenvalue weighted by Gasteiger charge is -2.25. The van der Waals surface area contributed by atoms with E-state index in [1.165, 1.54) is 0 Å². The van der Waals surface area contributed by atoms with Crippen LogP contribution in [0.3, 0.4) is 0 Å². The van der Waals surface area contributed by atoms with E-state index in [4.69, 9.17) is 0 Å². The summed E-state index contributed by atoms with van der Waals surface area (Å²) in [5, 5.41) is 9.24. The molecule has 1 aliphatic rings. The Kier molecular flexibility index (Phi) is 3.25. The molecule has 1 unspecified atom stereocenters. The first kappa shape index (κ1) is 11.1. The van der Waals surface area contributed by atoms with Crippen LogP contribution in [0, 0.1) is 0 Å². The second-order valence-electron chi connectivity index (χ2n) is 4.28. The Morgan fingerprint density at radius 2 is 2.12 bits per heavy atom. The van der Waals surface area contributed by atoms with Crippen LogP contribution in [0.2, 0.25) is 0 Å². The van der Waals surface area contributed by atoms with Gasteiger partial charge < -0.3 is 10.0 Å². The van der Waals surface area contributed by atoms with Crippen molar-refractivity contribution in [2.24, 2.45) is 0 Å². The molecule has 1 saturated heterocycles. The normalized spacial score (nSPS) is 20.1. The largest absolute Gasteiger partial charge is 0.394 e. The number of aliphatic hydroxyl groups is 1. The predicted octanol–water partition coefficient (Wildman–Crippen LogP) is 1.85. The second-order valence-corrected chi connectivity index (χ2v) is 4.28. The number of nitrogens with zero attached hydrogens (tertiary/aromatic N) is 1. The van der Waals surface area contributed by atoms with Gasteiger partial charge in [-0.1, -0.05) is 0 Å². The van der Waals surface area contributed by atoms with E-state index in [1.807, 2.05) is 24.3 Å². The monoisotopic (exact) mass is 219 g/mol. The number of anilines is 1. The molecule has 0 saturated carbocycles. The molecule has 16 heavy (non-hydrogen) atoms. The first-order valence-electron chi connectivity index (χ1n) is 5.71. The summed E-state index contributed by atoms with van der Waals surface area (Å²) in [6.45, 7) is 2.76. The number of carbonyl (C=O) groups excluding carboxylic acids is 1. The van der Waals surface area contributed by atoms with Gasteiger partial charge in [0.2, 0.25) is 0 Å². The van der Waals surface area contributed by atoms with Crippen LogP contribution in [0.4, 0.5) is 5.69 Å². The zero-order valence-electron chi connectivity index (χ0n) is 9.52. The quantitative estimate of drug-likeness (QED) is 0.789. The van der Waals surface area contributed by atoms with E-state index in [9.17, 15) is 9.90 Å². The van der Waals surface area contributed by atoms with Crippen LogP contribution in [0.15, 0.2) is 24.3 Å². The molecule has 1 N–H and O–H groups in total. The Balaban J connectivity index is 2.18. The van der Waals surface area contributed by atoms with Crippen molar-refractivity contribution in [2.75, 3.05) is 18.1 Å². The molecule has 0 spiro atoms. The molecule has 86 valence electrons. The number of rotatable bonds is 3. The number of hydrogen-bond donors (Lipinski definition) is 1. The highest BCUT2D eigenvalue weighted by Gasteiger charge is 2.23. The average Bonchev–Trinajstić information content (AvgIpc) is 2.77. The molecule has 1 aliphatic heterocycles. The second kappa shape index (κ2) is 4.66. The summed E-state index contributed by atoms with van der Waals surface area (Å²) >= 11 is 0. The third kappa shape index (κ3) is 2.09. The zero-order valence-corrected chi connectivity index (χ0v) is 9.52. The van der Waals surface area contributed by atoms with E-state index in [0.717, 1.165) is 30.6 Å². The lowest BCUT2D eigenvalue weighted by Crippen LogP contribution is -2.31. The Hall–Kier alpha value is -1.35. The molecular weight excluding hydrogens is 202 g/mol. The van der Waals surface area contributed by atoms with Crippen LogP contribution in [0.5, 0.6) is 0 Å². The maximum absolute atomic E-state index is 11.1. The molecule has 1 atom stereocenters. The molecule has 1 heterocycles. The molecule has 0 aliphatic carbocycles. The molecule has 1 aromatic carbocycles. The van der Waals surface area contributed by atoms with Crippen molar-refractivity contribution in [1.29, 1.82) is 0 Å². The fourth-order valence-corrected chi connectivity index (χ4v) is 2.25. The van der Waals surface area contributed by atoms with Crippen LogP contribution >= 0.6 is 0 Å². The summed E-state index contributed by atoms with van der Waals surface area (Å²) in [5.41, 5.74) is 1.84. The molecule has 0 aromatic heterocycles. The van der Waals surface area contributed by atoms with Crippen molar-refractivity contribution >= 4 is 11.5 Å². The van der Waals surface area contributed by atoms with Gasteiger partial charge in [-0.25, -0.2) is 0 Å². The lowest BCUT2D eigenvalue weighted by atomic mass is 10.1. The summed E-state index contributed by atoms with van der Waals surface area (Å²) in [7, 11) is 0. The van der Waals surface area contributed by atoms with E-state index < -0.39 is 0 Å². The van der Waals surface area contributed by atoms with Gasteiger partial charge in [0.1, 0.15) is 0 Å². The van der Waals surface area contributed by atoms with Gasteiger partial charge in [-0.2, -0.15) is 0 Å². The molecule has 0 bridgehead atoms. The van der Waals surface area contributed by atoms with Gasteiger partial charge in [0.05, 0.1) is 12.6 Å². The molecular formula is C13H17NO2. The Labute approximate surface area is 95.7 Å². The first-order chi connectivity index (χ1) is 7.72. The van der Waals surface area contributed by atoms with Gasteiger partial charge in [-0.15, -0.1) is 0 Å².